The molecule has 6 nitrogen and oxygen atoms in total. The first-order valence-electron chi connectivity index (χ1n) is 5.60. The topological polar surface area (TPSA) is 84.5 Å². The Hall–Kier alpha value is -1.59. The first kappa shape index (κ1) is 13.5. The third-order valence-corrected chi connectivity index (χ3v) is 2.77. The van der Waals surface area contributed by atoms with Gasteiger partial charge in [0.1, 0.15) is 6.04 Å². The number of esters is 1. The minimum atomic E-state index is -0.664. The van der Waals surface area contributed by atoms with Gasteiger partial charge in [-0.25, -0.2) is 4.79 Å². The number of hydrogen-bond donors (Lipinski definition) is 2. The fraction of sp³-hybridized carbons (Fsp3) is 0.727. The molecule has 96 valence electrons. The smallest absolute Gasteiger partial charge is 0.328 e. The Balaban J connectivity index is 2.58. The maximum Gasteiger partial charge on any atom is 0.328 e. The molecule has 2 atom stereocenters. The Bertz CT molecular complexity index is 327. The zero-order chi connectivity index (χ0) is 13.0. The highest BCUT2D eigenvalue weighted by atomic mass is 16.5. The van der Waals surface area contributed by atoms with E-state index in [1.807, 2.05) is 13.8 Å². The monoisotopic (exact) mass is 242 g/mol. The second-order valence-electron chi connectivity index (χ2n) is 4.46. The molecule has 2 amide bonds. The van der Waals surface area contributed by atoms with E-state index in [0.717, 1.165) is 0 Å². The lowest BCUT2D eigenvalue weighted by Gasteiger charge is -2.21. The van der Waals surface area contributed by atoms with Gasteiger partial charge in [0, 0.05) is 13.0 Å². The quantitative estimate of drug-likeness (QED) is 0.647. The summed E-state index contributed by atoms with van der Waals surface area (Å²) in [7, 11) is 1.28. The zero-order valence-electron chi connectivity index (χ0n) is 10.3. The van der Waals surface area contributed by atoms with Gasteiger partial charge in [-0.2, -0.15) is 0 Å². The average Bonchev–Trinajstić information content (AvgIpc) is 2.71. The van der Waals surface area contributed by atoms with E-state index in [4.69, 9.17) is 0 Å². The summed E-state index contributed by atoms with van der Waals surface area (Å²) in [6, 6.07) is -0.664. The highest BCUT2D eigenvalue weighted by Gasteiger charge is 2.32. The third-order valence-electron chi connectivity index (χ3n) is 2.77. The Morgan fingerprint density at radius 1 is 1.47 bits per heavy atom. The first-order valence-corrected chi connectivity index (χ1v) is 5.60. The summed E-state index contributed by atoms with van der Waals surface area (Å²) in [5.74, 6) is -1.34. The van der Waals surface area contributed by atoms with Gasteiger partial charge in [-0.15, -0.1) is 0 Å². The fourth-order valence-electron chi connectivity index (χ4n) is 1.69. The number of ether oxygens (including phenoxy) is 1. The number of nitrogens with one attached hydrogen (secondary N) is 2. The predicted molar refractivity (Wildman–Crippen MR) is 59.9 cm³/mol. The molecule has 2 N–H and O–H groups in total. The van der Waals surface area contributed by atoms with Crippen LogP contribution in [0.15, 0.2) is 0 Å². The van der Waals surface area contributed by atoms with Crippen LogP contribution in [0, 0.1) is 11.8 Å². The molecule has 1 heterocycles. The molecule has 17 heavy (non-hydrogen) atoms. The van der Waals surface area contributed by atoms with E-state index in [1.54, 1.807) is 0 Å². The van der Waals surface area contributed by atoms with E-state index < -0.39 is 17.9 Å². The molecule has 0 radical (unpaired) electrons. The number of hydrogen-bond acceptors (Lipinski definition) is 4. The van der Waals surface area contributed by atoms with E-state index in [0.29, 0.717) is 6.54 Å². The summed E-state index contributed by atoms with van der Waals surface area (Å²) in [5, 5.41) is 5.20. The molecule has 0 spiro atoms. The van der Waals surface area contributed by atoms with Gasteiger partial charge in [-0.05, 0) is 5.92 Å². The van der Waals surface area contributed by atoms with E-state index >= 15 is 0 Å². The maximum absolute atomic E-state index is 11.8. The second-order valence-corrected chi connectivity index (χ2v) is 4.46. The lowest BCUT2D eigenvalue weighted by atomic mass is 10.0. The Morgan fingerprint density at radius 3 is 2.53 bits per heavy atom. The molecule has 0 bridgehead atoms. The van der Waals surface area contributed by atoms with Crippen molar-refractivity contribution in [3.63, 3.8) is 0 Å². The Morgan fingerprint density at radius 2 is 2.12 bits per heavy atom. The van der Waals surface area contributed by atoms with Crippen LogP contribution in [0.4, 0.5) is 0 Å². The Labute approximate surface area is 100 Å². The van der Waals surface area contributed by atoms with Crippen LogP contribution in [0.25, 0.3) is 0 Å². The van der Waals surface area contributed by atoms with Crippen LogP contribution in [0.1, 0.15) is 20.3 Å². The van der Waals surface area contributed by atoms with E-state index in [2.05, 4.69) is 15.4 Å². The third kappa shape index (κ3) is 3.44. The van der Waals surface area contributed by atoms with Crippen molar-refractivity contribution >= 4 is 17.8 Å². The lowest BCUT2D eigenvalue weighted by Crippen LogP contribution is -2.47. The number of rotatable bonds is 4. The molecule has 2 unspecified atom stereocenters. The molecule has 1 fully saturated rings. The van der Waals surface area contributed by atoms with Crippen LogP contribution >= 0.6 is 0 Å². The van der Waals surface area contributed by atoms with Crippen LogP contribution in [0.3, 0.4) is 0 Å². The van der Waals surface area contributed by atoms with Gasteiger partial charge < -0.3 is 15.4 Å². The standard InChI is InChI=1S/C11H18N2O4/c1-6(2)9(11(16)17-3)13-10(15)7-4-8(14)12-5-7/h6-7,9H,4-5H2,1-3H3,(H,12,14)(H,13,15). The van der Waals surface area contributed by atoms with Crippen LogP contribution in [0.2, 0.25) is 0 Å². The Kier molecular flexibility index (Phi) is 4.48. The number of amides is 2. The van der Waals surface area contributed by atoms with Crippen molar-refractivity contribution in [3.8, 4) is 0 Å². The van der Waals surface area contributed by atoms with Gasteiger partial charge >= 0.3 is 5.97 Å². The zero-order valence-corrected chi connectivity index (χ0v) is 10.3. The van der Waals surface area contributed by atoms with Crippen molar-refractivity contribution in [1.82, 2.24) is 10.6 Å². The maximum atomic E-state index is 11.8. The van der Waals surface area contributed by atoms with Gasteiger partial charge in [0.15, 0.2) is 0 Å². The molecule has 1 rings (SSSR count). The summed E-state index contributed by atoms with van der Waals surface area (Å²) < 4.78 is 4.62. The number of carbonyl (C=O) groups is 3. The van der Waals surface area contributed by atoms with Crippen LogP contribution in [-0.4, -0.2) is 37.5 Å². The van der Waals surface area contributed by atoms with Crippen molar-refractivity contribution in [3.05, 3.63) is 0 Å². The largest absolute Gasteiger partial charge is 0.467 e. The van der Waals surface area contributed by atoms with E-state index in [1.165, 1.54) is 7.11 Å². The van der Waals surface area contributed by atoms with Crippen molar-refractivity contribution in [2.75, 3.05) is 13.7 Å². The molecule has 0 aliphatic carbocycles. The molecule has 1 saturated heterocycles. The van der Waals surface area contributed by atoms with Crippen molar-refractivity contribution in [2.24, 2.45) is 11.8 Å². The average molecular weight is 242 g/mol. The van der Waals surface area contributed by atoms with Crippen molar-refractivity contribution in [2.45, 2.75) is 26.3 Å². The predicted octanol–water partition coefficient (Wildman–Crippen LogP) is -0.564. The molecule has 0 saturated carbocycles. The molecule has 6 heteroatoms. The van der Waals surface area contributed by atoms with Gasteiger partial charge in [-0.1, -0.05) is 13.8 Å². The minimum absolute atomic E-state index is 0.0588. The van der Waals surface area contributed by atoms with Crippen LogP contribution in [0.5, 0.6) is 0 Å². The van der Waals surface area contributed by atoms with E-state index in [9.17, 15) is 14.4 Å². The minimum Gasteiger partial charge on any atom is -0.467 e. The summed E-state index contributed by atoms with van der Waals surface area (Å²) in [6.07, 6.45) is 0.178. The molecule has 0 aromatic carbocycles. The normalized spacial score (nSPS) is 20.9. The van der Waals surface area contributed by atoms with Crippen molar-refractivity contribution < 1.29 is 19.1 Å². The second kappa shape index (κ2) is 5.65. The van der Waals surface area contributed by atoms with Gasteiger partial charge in [0.2, 0.25) is 11.8 Å². The van der Waals surface area contributed by atoms with Crippen molar-refractivity contribution in [1.29, 1.82) is 0 Å². The molecule has 0 aromatic rings. The molecule has 1 aliphatic rings. The van der Waals surface area contributed by atoms with E-state index in [-0.39, 0.29) is 24.2 Å². The SMILES string of the molecule is COC(=O)C(NC(=O)C1CNC(=O)C1)C(C)C. The summed E-state index contributed by atoms with van der Waals surface area (Å²) >= 11 is 0. The summed E-state index contributed by atoms with van der Waals surface area (Å²) in [5.41, 5.74) is 0. The summed E-state index contributed by atoms with van der Waals surface area (Å²) in [4.78, 5) is 34.2. The fourth-order valence-corrected chi connectivity index (χ4v) is 1.69. The van der Waals surface area contributed by atoms with Crippen LogP contribution < -0.4 is 10.6 Å². The molecule has 1 aliphatic heterocycles. The summed E-state index contributed by atoms with van der Waals surface area (Å²) in [6.45, 7) is 3.97. The van der Waals surface area contributed by atoms with Crippen LogP contribution in [-0.2, 0) is 19.1 Å². The lowest BCUT2D eigenvalue weighted by molar-refractivity contribution is -0.146. The highest BCUT2D eigenvalue weighted by molar-refractivity contribution is 5.91. The number of methoxy groups -OCH3 is 1. The van der Waals surface area contributed by atoms with Gasteiger partial charge in [0.05, 0.1) is 13.0 Å². The molecule has 0 aromatic heterocycles. The first-order chi connectivity index (χ1) is 7.95. The highest BCUT2D eigenvalue weighted by Crippen LogP contribution is 2.11. The van der Waals surface area contributed by atoms with Gasteiger partial charge in [-0.3, -0.25) is 9.59 Å². The number of carbonyl (C=O) groups excluding carboxylic acids is 3. The van der Waals surface area contributed by atoms with Gasteiger partial charge in [0.25, 0.3) is 0 Å². The molecular weight excluding hydrogens is 224 g/mol. The molecular formula is C11H18N2O4.